The van der Waals surface area contributed by atoms with Gasteiger partial charge in [-0.15, -0.1) is 0 Å². The molecule has 1 heterocycles. The molecular weight excluding hydrogens is 204 g/mol. The number of carboxylic acid groups (broad SMARTS) is 1. The fraction of sp³-hybridized carbons (Fsp3) is 0.500. The van der Waals surface area contributed by atoms with Gasteiger partial charge in [0.1, 0.15) is 5.54 Å². The van der Waals surface area contributed by atoms with E-state index in [0.717, 1.165) is 18.5 Å². The SMILES string of the molecule is CC(C)(C(=O)O)N(c1ccncc1)C1CC1. The fourth-order valence-electron chi connectivity index (χ4n) is 1.93. The van der Waals surface area contributed by atoms with Crippen LogP contribution >= 0.6 is 0 Å². The number of carboxylic acids is 1. The molecule has 1 aliphatic carbocycles. The summed E-state index contributed by atoms with van der Waals surface area (Å²) in [5.41, 5.74) is 0.0626. The van der Waals surface area contributed by atoms with Crippen molar-refractivity contribution in [3.63, 3.8) is 0 Å². The summed E-state index contributed by atoms with van der Waals surface area (Å²) in [4.78, 5) is 17.3. The van der Waals surface area contributed by atoms with Crippen LogP contribution in [0.5, 0.6) is 0 Å². The highest BCUT2D eigenvalue weighted by molar-refractivity contribution is 5.83. The number of rotatable bonds is 4. The molecule has 0 aliphatic heterocycles. The van der Waals surface area contributed by atoms with E-state index < -0.39 is 11.5 Å². The first-order valence-electron chi connectivity index (χ1n) is 5.46. The molecular formula is C12H16N2O2. The number of nitrogens with zero attached hydrogens (tertiary/aromatic N) is 2. The molecule has 0 atom stereocenters. The Morgan fingerprint density at radius 2 is 2.00 bits per heavy atom. The molecule has 2 rings (SSSR count). The molecule has 1 aromatic heterocycles. The average Bonchev–Trinajstić information content (AvgIpc) is 3.03. The summed E-state index contributed by atoms with van der Waals surface area (Å²) in [5.74, 6) is -0.795. The van der Waals surface area contributed by atoms with Gasteiger partial charge in [0.05, 0.1) is 0 Å². The van der Waals surface area contributed by atoms with Gasteiger partial charge in [-0.2, -0.15) is 0 Å². The quantitative estimate of drug-likeness (QED) is 0.842. The van der Waals surface area contributed by atoms with Gasteiger partial charge in [0.25, 0.3) is 0 Å². The van der Waals surface area contributed by atoms with Gasteiger partial charge >= 0.3 is 5.97 Å². The van der Waals surface area contributed by atoms with Gasteiger partial charge < -0.3 is 10.0 Å². The van der Waals surface area contributed by atoms with Crippen molar-refractivity contribution in [2.24, 2.45) is 0 Å². The predicted molar refractivity (Wildman–Crippen MR) is 61.5 cm³/mol. The summed E-state index contributed by atoms with van der Waals surface area (Å²) in [5, 5.41) is 9.29. The van der Waals surface area contributed by atoms with Crippen molar-refractivity contribution in [1.82, 2.24) is 4.98 Å². The van der Waals surface area contributed by atoms with Gasteiger partial charge in [-0.05, 0) is 38.8 Å². The summed E-state index contributed by atoms with van der Waals surface area (Å²) in [6, 6.07) is 4.08. The van der Waals surface area contributed by atoms with Crippen LogP contribution in [-0.4, -0.2) is 27.6 Å². The smallest absolute Gasteiger partial charge is 0.328 e. The molecule has 0 amide bonds. The Bertz CT molecular complexity index is 385. The Balaban J connectivity index is 2.35. The zero-order chi connectivity index (χ0) is 11.8. The van der Waals surface area contributed by atoms with Gasteiger partial charge in [0.15, 0.2) is 0 Å². The Morgan fingerprint density at radius 3 is 2.44 bits per heavy atom. The highest BCUT2D eigenvalue weighted by atomic mass is 16.4. The number of aromatic nitrogens is 1. The van der Waals surface area contributed by atoms with Gasteiger partial charge in [0.2, 0.25) is 0 Å². The number of hydrogen-bond donors (Lipinski definition) is 1. The Hall–Kier alpha value is -1.58. The second kappa shape index (κ2) is 3.77. The van der Waals surface area contributed by atoms with Crippen LogP contribution in [0.4, 0.5) is 5.69 Å². The lowest BCUT2D eigenvalue weighted by atomic mass is 10.0. The van der Waals surface area contributed by atoms with Crippen LogP contribution in [0, 0.1) is 0 Å². The van der Waals surface area contributed by atoms with Crippen molar-refractivity contribution in [2.75, 3.05) is 4.90 Å². The topological polar surface area (TPSA) is 53.4 Å². The maximum atomic E-state index is 11.3. The van der Waals surface area contributed by atoms with Crippen LogP contribution in [0.2, 0.25) is 0 Å². The maximum Gasteiger partial charge on any atom is 0.328 e. The van der Waals surface area contributed by atoms with E-state index >= 15 is 0 Å². The van der Waals surface area contributed by atoms with Crippen LogP contribution < -0.4 is 4.90 Å². The molecule has 0 bridgehead atoms. The van der Waals surface area contributed by atoms with E-state index in [1.165, 1.54) is 0 Å². The molecule has 4 heteroatoms. The Morgan fingerprint density at radius 1 is 1.44 bits per heavy atom. The first-order chi connectivity index (χ1) is 7.53. The van der Waals surface area contributed by atoms with E-state index in [4.69, 9.17) is 0 Å². The molecule has 0 spiro atoms. The van der Waals surface area contributed by atoms with E-state index in [0.29, 0.717) is 6.04 Å². The van der Waals surface area contributed by atoms with Crippen molar-refractivity contribution in [3.05, 3.63) is 24.5 Å². The summed E-state index contributed by atoms with van der Waals surface area (Å²) >= 11 is 0. The molecule has 16 heavy (non-hydrogen) atoms. The molecule has 0 radical (unpaired) electrons. The summed E-state index contributed by atoms with van der Waals surface area (Å²) in [6.07, 6.45) is 5.53. The van der Waals surface area contributed by atoms with Gasteiger partial charge in [-0.1, -0.05) is 0 Å². The molecule has 1 saturated carbocycles. The van der Waals surface area contributed by atoms with Crippen molar-refractivity contribution < 1.29 is 9.90 Å². The molecule has 0 saturated heterocycles. The predicted octanol–water partition coefficient (Wildman–Crippen LogP) is 1.91. The maximum absolute atomic E-state index is 11.3. The van der Waals surface area contributed by atoms with Crippen molar-refractivity contribution >= 4 is 11.7 Å². The van der Waals surface area contributed by atoms with Crippen LogP contribution in [-0.2, 0) is 4.79 Å². The largest absolute Gasteiger partial charge is 0.480 e. The number of anilines is 1. The molecule has 1 aromatic rings. The van der Waals surface area contributed by atoms with Crippen LogP contribution in [0.1, 0.15) is 26.7 Å². The lowest BCUT2D eigenvalue weighted by Crippen LogP contribution is -2.51. The zero-order valence-corrected chi connectivity index (χ0v) is 9.55. The van der Waals surface area contributed by atoms with Crippen molar-refractivity contribution in [1.29, 1.82) is 0 Å². The average molecular weight is 220 g/mol. The van der Waals surface area contributed by atoms with Crippen molar-refractivity contribution in [3.8, 4) is 0 Å². The first kappa shape index (κ1) is 10.9. The van der Waals surface area contributed by atoms with E-state index in [1.807, 2.05) is 17.0 Å². The fourth-order valence-corrected chi connectivity index (χ4v) is 1.93. The third-order valence-corrected chi connectivity index (χ3v) is 2.98. The summed E-state index contributed by atoms with van der Waals surface area (Å²) in [7, 11) is 0. The van der Waals surface area contributed by atoms with E-state index in [1.54, 1.807) is 26.2 Å². The van der Waals surface area contributed by atoms with Crippen LogP contribution in [0.15, 0.2) is 24.5 Å². The highest BCUT2D eigenvalue weighted by Crippen LogP contribution is 2.37. The highest BCUT2D eigenvalue weighted by Gasteiger charge is 2.43. The Kier molecular flexibility index (Phi) is 2.58. The second-order valence-corrected chi connectivity index (χ2v) is 4.67. The van der Waals surface area contributed by atoms with Crippen LogP contribution in [0.3, 0.4) is 0 Å². The third-order valence-electron chi connectivity index (χ3n) is 2.98. The zero-order valence-electron chi connectivity index (χ0n) is 9.55. The van der Waals surface area contributed by atoms with Gasteiger partial charge in [-0.25, -0.2) is 4.79 Å². The second-order valence-electron chi connectivity index (χ2n) is 4.67. The summed E-state index contributed by atoms with van der Waals surface area (Å²) in [6.45, 7) is 3.49. The van der Waals surface area contributed by atoms with Crippen LogP contribution in [0.25, 0.3) is 0 Å². The first-order valence-corrected chi connectivity index (χ1v) is 5.46. The van der Waals surface area contributed by atoms with E-state index in [-0.39, 0.29) is 0 Å². The minimum Gasteiger partial charge on any atom is -0.480 e. The lowest BCUT2D eigenvalue weighted by molar-refractivity contribution is -0.142. The number of hydrogen-bond acceptors (Lipinski definition) is 3. The van der Waals surface area contributed by atoms with Gasteiger partial charge in [0, 0.05) is 24.1 Å². The monoisotopic (exact) mass is 220 g/mol. The van der Waals surface area contributed by atoms with Gasteiger partial charge in [-0.3, -0.25) is 4.98 Å². The van der Waals surface area contributed by atoms with E-state index in [9.17, 15) is 9.90 Å². The molecule has 1 N–H and O–H groups in total. The lowest BCUT2D eigenvalue weighted by Gasteiger charge is -2.37. The number of aliphatic carboxylic acids is 1. The number of carbonyl (C=O) groups is 1. The molecule has 0 aromatic carbocycles. The minimum absolute atomic E-state index is 0.355. The molecule has 1 fully saturated rings. The third kappa shape index (κ3) is 1.87. The number of pyridine rings is 1. The Labute approximate surface area is 94.9 Å². The molecule has 4 nitrogen and oxygen atoms in total. The van der Waals surface area contributed by atoms with Crippen molar-refractivity contribution in [2.45, 2.75) is 38.3 Å². The molecule has 1 aliphatic rings. The molecule has 0 unspecified atom stereocenters. The minimum atomic E-state index is -0.872. The molecule has 86 valence electrons. The standard InChI is InChI=1S/C12H16N2O2/c1-12(2,11(15)16)14(9-3-4-9)10-5-7-13-8-6-10/h5-9H,3-4H2,1-2H3,(H,15,16). The normalized spacial score (nSPS) is 15.9. The summed E-state index contributed by atoms with van der Waals surface area (Å²) < 4.78 is 0. The van der Waals surface area contributed by atoms with E-state index in [2.05, 4.69) is 4.98 Å².